The molecule has 0 aromatic heterocycles. The maximum atomic E-state index is 13.6. The summed E-state index contributed by atoms with van der Waals surface area (Å²) < 4.78 is 14.1. The van der Waals surface area contributed by atoms with Gasteiger partial charge in [0.25, 0.3) is 0 Å². The van der Waals surface area contributed by atoms with E-state index >= 15 is 0 Å². The molecule has 5 heteroatoms. The van der Waals surface area contributed by atoms with Gasteiger partial charge in [-0.15, -0.1) is 0 Å². The number of nitrogens with zero attached hydrogens (tertiary/aromatic N) is 2. The summed E-state index contributed by atoms with van der Waals surface area (Å²) in [7, 11) is 1.98. The molecule has 1 saturated heterocycles. The summed E-state index contributed by atoms with van der Waals surface area (Å²) in [5, 5.41) is 0. The molecule has 0 saturated carbocycles. The van der Waals surface area contributed by atoms with Gasteiger partial charge in [-0.3, -0.25) is 4.90 Å². The van der Waals surface area contributed by atoms with Gasteiger partial charge in [-0.2, -0.15) is 0 Å². The van der Waals surface area contributed by atoms with Gasteiger partial charge in [0.1, 0.15) is 5.82 Å². The molecule has 0 bridgehead atoms. The lowest BCUT2D eigenvalue weighted by Gasteiger charge is -2.29. The van der Waals surface area contributed by atoms with Crippen LogP contribution in [-0.2, 0) is 0 Å². The van der Waals surface area contributed by atoms with E-state index in [-0.39, 0.29) is 5.82 Å². The van der Waals surface area contributed by atoms with Crippen molar-refractivity contribution in [2.24, 2.45) is 0 Å². The van der Waals surface area contributed by atoms with E-state index in [1.807, 2.05) is 7.05 Å². The molecule has 0 radical (unpaired) electrons. The van der Waals surface area contributed by atoms with Crippen LogP contribution in [0.15, 0.2) is 16.6 Å². The lowest BCUT2D eigenvalue weighted by molar-refractivity contribution is 0.270. The predicted molar refractivity (Wildman–Crippen MR) is 82.1 cm³/mol. The minimum absolute atomic E-state index is 0.269. The molecule has 1 aromatic carbocycles. The van der Waals surface area contributed by atoms with Crippen molar-refractivity contribution in [1.29, 1.82) is 0 Å². The van der Waals surface area contributed by atoms with E-state index in [0.29, 0.717) is 16.2 Å². The third-order valence-corrected chi connectivity index (χ3v) is 4.48. The molecule has 0 spiro atoms. The van der Waals surface area contributed by atoms with E-state index in [1.54, 1.807) is 6.07 Å². The van der Waals surface area contributed by atoms with Gasteiger partial charge >= 0.3 is 0 Å². The maximum absolute atomic E-state index is 13.6. The normalized spacial score (nSPS) is 19.9. The molecule has 1 unspecified atom stereocenters. The third kappa shape index (κ3) is 3.20. The van der Waals surface area contributed by atoms with Crippen LogP contribution in [-0.4, -0.2) is 37.6 Å². The summed E-state index contributed by atoms with van der Waals surface area (Å²) in [6.45, 7) is 5.31. The van der Waals surface area contributed by atoms with Gasteiger partial charge in [0.2, 0.25) is 0 Å². The van der Waals surface area contributed by atoms with Crippen LogP contribution in [0.2, 0.25) is 0 Å². The van der Waals surface area contributed by atoms with Crippen LogP contribution in [0.5, 0.6) is 0 Å². The average molecular weight is 330 g/mol. The highest BCUT2D eigenvalue weighted by Gasteiger charge is 2.24. The molecule has 1 aliphatic heterocycles. The van der Waals surface area contributed by atoms with Crippen LogP contribution in [0.25, 0.3) is 0 Å². The van der Waals surface area contributed by atoms with Crippen LogP contribution >= 0.6 is 15.9 Å². The molecule has 1 heterocycles. The molecule has 0 amide bonds. The number of likely N-dealkylation sites (tertiary alicyclic amines) is 1. The first-order valence-electron chi connectivity index (χ1n) is 6.72. The Kier molecular flexibility index (Phi) is 4.68. The van der Waals surface area contributed by atoms with Crippen LogP contribution in [0.1, 0.15) is 19.8 Å². The van der Waals surface area contributed by atoms with Gasteiger partial charge < -0.3 is 10.6 Å². The first kappa shape index (κ1) is 14.6. The number of hydrogen-bond acceptors (Lipinski definition) is 3. The van der Waals surface area contributed by atoms with Crippen molar-refractivity contribution in [2.75, 3.05) is 37.3 Å². The lowest BCUT2D eigenvalue weighted by atomic mass is 10.2. The quantitative estimate of drug-likeness (QED) is 0.861. The number of nitrogen functional groups attached to an aromatic ring is 1. The van der Waals surface area contributed by atoms with Crippen molar-refractivity contribution in [3.8, 4) is 0 Å². The molecule has 19 heavy (non-hydrogen) atoms. The van der Waals surface area contributed by atoms with E-state index in [1.165, 1.54) is 25.5 Å². The summed E-state index contributed by atoms with van der Waals surface area (Å²) in [4.78, 5) is 4.53. The molecule has 1 fully saturated rings. The lowest BCUT2D eigenvalue weighted by Crippen LogP contribution is -2.39. The van der Waals surface area contributed by atoms with Crippen LogP contribution < -0.4 is 10.6 Å². The minimum atomic E-state index is -0.269. The predicted octanol–water partition coefficient (Wildman–Crippen LogP) is 3.09. The highest BCUT2D eigenvalue weighted by Crippen LogP contribution is 2.30. The Labute approximate surface area is 122 Å². The highest BCUT2D eigenvalue weighted by molar-refractivity contribution is 9.10. The summed E-state index contributed by atoms with van der Waals surface area (Å²) >= 11 is 3.16. The Morgan fingerprint density at radius 3 is 2.95 bits per heavy atom. The van der Waals surface area contributed by atoms with Gasteiger partial charge in [0, 0.05) is 25.7 Å². The average Bonchev–Trinajstić information content (AvgIpc) is 2.80. The molecule has 1 atom stereocenters. The summed E-state index contributed by atoms with van der Waals surface area (Å²) in [5.41, 5.74) is 7.36. The monoisotopic (exact) mass is 329 g/mol. The SMILES string of the molecule is CCN1CCCC1CN(C)c1cc(F)c(Br)cc1N. The highest BCUT2D eigenvalue weighted by atomic mass is 79.9. The van der Waals surface area contributed by atoms with E-state index in [2.05, 4.69) is 32.7 Å². The fourth-order valence-corrected chi connectivity index (χ4v) is 3.18. The summed E-state index contributed by atoms with van der Waals surface area (Å²) in [6, 6.07) is 3.68. The number of benzene rings is 1. The maximum Gasteiger partial charge on any atom is 0.139 e. The van der Waals surface area contributed by atoms with Crippen molar-refractivity contribution in [3.63, 3.8) is 0 Å². The third-order valence-electron chi connectivity index (χ3n) is 3.87. The zero-order chi connectivity index (χ0) is 14.0. The van der Waals surface area contributed by atoms with Crippen LogP contribution in [0.3, 0.4) is 0 Å². The molecule has 106 valence electrons. The Bertz CT molecular complexity index is 453. The number of rotatable bonds is 4. The summed E-state index contributed by atoms with van der Waals surface area (Å²) in [5.74, 6) is -0.269. The van der Waals surface area contributed by atoms with Crippen LogP contribution in [0.4, 0.5) is 15.8 Å². The first-order chi connectivity index (χ1) is 9.02. The van der Waals surface area contributed by atoms with Crippen molar-refractivity contribution >= 4 is 27.3 Å². The van der Waals surface area contributed by atoms with Crippen molar-refractivity contribution in [2.45, 2.75) is 25.8 Å². The van der Waals surface area contributed by atoms with Gasteiger partial charge in [-0.25, -0.2) is 4.39 Å². The Morgan fingerprint density at radius 1 is 1.53 bits per heavy atom. The Morgan fingerprint density at radius 2 is 2.26 bits per heavy atom. The molecule has 2 N–H and O–H groups in total. The minimum Gasteiger partial charge on any atom is -0.397 e. The number of likely N-dealkylation sites (N-methyl/N-ethyl adjacent to an activating group) is 2. The molecule has 2 rings (SSSR count). The Balaban J connectivity index is 2.11. The number of halogens is 2. The zero-order valence-electron chi connectivity index (χ0n) is 11.5. The van der Waals surface area contributed by atoms with Crippen LogP contribution in [0, 0.1) is 5.82 Å². The molecule has 0 aliphatic carbocycles. The topological polar surface area (TPSA) is 32.5 Å². The van der Waals surface area contributed by atoms with Gasteiger partial charge in [-0.05, 0) is 47.9 Å². The number of hydrogen-bond donors (Lipinski definition) is 1. The van der Waals surface area contributed by atoms with E-state index < -0.39 is 0 Å². The molecular weight excluding hydrogens is 309 g/mol. The standard InChI is InChI=1S/C14H21BrFN3/c1-3-19-6-4-5-10(19)9-18(2)14-8-12(16)11(15)7-13(14)17/h7-8,10H,3-6,9,17H2,1-2H3. The van der Waals surface area contributed by atoms with Crippen molar-refractivity contribution < 1.29 is 4.39 Å². The first-order valence-corrected chi connectivity index (χ1v) is 7.52. The van der Waals surface area contributed by atoms with E-state index in [9.17, 15) is 4.39 Å². The second-order valence-corrected chi connectivity index (χ2v) is 5.98. The second kappa shape index (κ2) is 6.09. The Hall–Kier alpha value is -0.810. The summed E-state index contributed by atoms with van der Waals surface area (Å²) in [6.07, 6.45) is 2.45. The number of anilines is 2. The second-order valence-electron chi connectivity index (χ2n) is 5.13. The van der Waals surface area contributed by atoms with Gasteiger partial charge in [0.05, 0.1) is 15.8 Å². The molecule has 1 aromatic rings. The van der Waals surface area contributed by atoms with Gasteiger partial charge in [0.15, 0.2) is 0 Å². The van der Waals surface area contributed by atoms with E-state index in [4.69, 9.17) is 5.73 Å². The van der Waals surface area contributed by atoms with Crippen molar-refractivity contribution in [3.05, 3.63) is 22.4 Å². The fourth-order valence-electron chi connectivity index (χ4n) is 2.81. The van der Waals surface area contributed by atoms with Crippen molar-refractivity contribution in [1.82, 2.24) is 4.90 Å². The fraction of sp³-hybridized carbons (Fsp3) is 0.571. The largest absolute Gasteiger partial charge is 0.397 e. The molecule has 3 nitrogen and oxygen atoms in total. The van der Waals surface area contributed by atoms with E-state index in [0.717, 1.165) is 18.8 Å². The zero-order valence-corrected chi connectivity index (χ0v) is 13.1. The number of nitrogens with two attached hydrogens (primary N) is 1. The smallest absolute Gasteiger partial charge is 0.139 e. The van der Waals surface area contributed by atoms with Gasteiger partial charge in [-0.1, -0.05) is 6.92 Å². The molecule has 1 aliphatic rings. The molecular formula is C14H21BrFN3.